The molecule has 4 nitrogen and oxygen atoms in total. The molecule has 53 heavy (non-hydrogen) atoms. The van der Waals surface area contributed by atoms with E-state index < -0.39 is 11.7 Å². The molecule has 3 heterocycles. The predicted molar refractivity (Wildman–Crippen MR) is 199 cm³/mol. The van der Waals surface area contributed by atoms with E-state index >= 15 is 0 Å². The van der Waals surface area contributed by atoms with E-state index in [0.717, 1.165) is 56.8 Å². The Morgan fingerprint density at radius 3 is 1.94 bits per heavy atom. The summed E-state index contributed by atoms with van der Waals surface area (Å²) in [5.74, 6) is 0.444. The molecular formula is C45H28F3IrN3O-2. The number of para-hydroxylation sites is 3. The Balaban J connectivity index is 0.000000284. The van der Waals surface area contributed by atoms with Crippen molar-refractivity contribution in [1.29, 1.82) is 0 Å². The number of alkyl halides is 3. The minimum Gasteiger partial charge on any atom is -0.557 e. The fraction of sp³-hybridized carbons (Fsp3) is 0.0222. The molecule has 1 radical (unpaired) electrons. The van der Waals surface area contributed by atoms with Crippen molar-refractivity contribution in [3.63, 3.8) is 0 Å². The summed E-state index contributed by atoms with van der Waals surface area (Å²) < 4.78 is 48.7. The van der Waals surface area contributed by atoms with Crippen LogP contribution in [0.4, 0.5) is 13.2 Å². The van der Waals surface area contributed by atoms with Crippen LogP contribution in [0.5, 0.6) is 0 Å². The van der Waals surface area contributed by atoms with E-state index in [2.05, 4.69) is 29.4 Å². The van der Waals surface area contributed by atoms with Gasteiger partial charge in [0.25, 0.3) is 0 Å². The summed E-state index contributed by atoms with van der Waals surface area (Å²) in [6.07, 6.45) is 0.164. The molecule has 9 aromatic rings. The number of hydrogen-bond acceptors (Lipinski definition) is 3. The van der Waals surface area contributed by atoms with E-state index in [1.165, 1.54) is 6.07 Å². The minimum atomic E-state index is -4.50. The number of pyridine rings is 1. The van der Waals surface area contributed by atoms with Crippen LogP contribution in [0.3, 0.4) is 0 Å². The van der Waals surface area contributed by atoms with Crippen LogP contribution in [0, 0.1) is 12.3 Å². The molecule has 0 amide bonds. The summed E-state index contributed by atoms with van der Waals surface area (Å²) in [5.41, 5.74) is 8.20. The number of benzene rings is 6. The maximum atomic E-state index is 13.7. The van der Waals surface area contributed by atoms with Crippen molar-refractivity contribution in [2.45, 2.75) is 6.18 Å². The van der Waals surface area contributed by atoms with Crippen LogP contribution in [0.2, 0.25) is 0 Å². The summed E-state index contributed by atoms with van der Waals surface area (Å²) in [6, 6.07) is 54.1. The molecule has 0 aliphatic carbocycles. The van der Waals surface area contributed by atoms with Crippen molar-refractivity contribution in [3.05, 3.63) is 188 Å². The average molecular weight is 876 g/mol. The standard InChI is InChI=1S/C34H20F3N2O.C11H8N.Ir/c35-34(36,37)24-18-19-31-27(20-24)28(21-40-31)33-38-29-16-7-8-17-30(29)39(33)32-25(22-10-3-1-4-11-22)14-9-15-26(32)23-12-5-2-6-13-23;1-2-6-10(7-3-1)11-8-4-5-9-12-11;/h1-20H;1-6,8-9H;/q2*-1;. The second-order valence-electron chi connectivity index (χ2n) is 12.0. The van der Waals surface area contributed by atoms with Crippen molar-refractivity contribution in [2.24, 2.45) is 0 Å². The fourth-order valence-electron chi connectivity index (χ4n) is 6.30. The first kappa shape index (κ1) is 35.3. The average Bonchev–Trinajstić information content (AvgIpc) is 3.80. The SMILES string of the molecule is FC(F)(F)c1ccc2o[c-]c(-c3nc4ccccc4n3-c3c(-c4ccccc4)cccc3-c3ccccc3)c2c1.[Ir].[c-]1ccccc1-c1ccccn1. The van der Waals surface area contributed by atoms with E-state index in [9.17, 15) is 13.2 Å². The molecule has 261 valence electrons. The van der Waals surface area contributed by atoms with Gasteiger partial charge >= 0.3 is 6.18 Å². The van der Waals surface area contributed by atoms with Gasteiger partial charge in [-0.05, 0) is 35.0 Å². The van der Waals surface area contributed by atoms with Gasteiger partial charge in [0.05, 0.1) is 22.5 Å². The van der Waals surface area contributed by atoms with Crippen LogP contribution in [0.1, 0.15) is 5.56 Å². The quantitative estimate of drug-likeness (QED) is 0.162. The summed E-state index contributed by atoms with van der Waals surface area (Å²) in [5, 5.41) is 0.296. The van der Waals surface area contributed by atoms with Crippen molar-refractivity contribution < 1.29 is 37.7 Å². The molecule has 8 heteroatoms. The maximum absolute atomic E-state index is 13.7. The number of furan rings is 1. The fourth-order valence-corrected chi connectivity index (χ4v) is 6.30. The Kier molecular flexibility index (Phi) is 10.2. The van der Waals surface area contributed by atoms with Gasteiger partial charge in [0.1, 0.15) is 0 Å². The van der Waals surface area contributed by atoms with Gasteiger partial charge in [-0.25, -0.2) is 0 Å². The predicted octanol–water partition coefficient (Wildman–Crippen LogP) is 12.1. The van der Waals surface area contributed by atoms with Gasteiger partial charge in [0.15, 0.2) is 0 Å². The normalized spacial score (nSPS) is 11.2. The van der Waals surface area contributed by atoms with Gasteiger partial charge < -0.3 is 14.0 Å². The van der Waals surface area contributed by atoms with Crippen molar-refractivity contribution >= 4 is 22.0 Å². The maximum Gasteiger partial charge on any atom is 0.415 e. The molecule has 0 aliphatic rings. The molecule has 0 unspecified atom stereocenters. The number of hydrogen-bond donors (Lipinski definition) is 0. The molecule has 0 N–H and O–H groups in total. The van der Waals surface area contributed by atoms with Crippen molar-refractivity contribution in [2.75, 3.05) is 0 Å². The molecule has 3 aromatic heterocycles. The first-order valence-electron chi connectivity index (χ1n) is 16.6. The molecule has 0 aliphatic heterocycles. The molecule has 0 fully saturated rings. The first-order valence-corrected chi connectivity index (χ1v) is 16.6. The summed E-state index contributed by atoms with van der Waals surface area (Å²) in [7, 11) is 0. The van der Waals surface area contributed by atoms with E-state index in [-0.39, 0.29) is 20.1 Å². The Hall–Kier alpha value is -6.08. The third-order valence-corrected chi connectivity index (χ3v) is 8.70. The zero-order valence-corrected chi connectivity index (χ0v) is 30.3. The molecule has 9 rings (SSSR count). The Morgan fingerprint density at radius 1 is 0.642 bits per heavy atom. The molecule has 0 atom stereocenters. The van der Waals surface area contributed by atoms with Crippen LogP contribution in [-0.4, -0.2) is 14.5 Å². The molecule has 0 saturated heterocycles. The number of aromatic nitrogens is 3. The van der Waals surface area contributed by atoms with Crippen LogP contribution < -0.4 is 0 Å². The Labute approximate surface area is 317 Å². The van der Waals surface area contributed by atoms with Gasteiger partial charge in [-0.2, -0.15) is 13.2 Å². The third-order valence-electron chi connectivity index (χ3n) is 8.70. The van der Waals surface area contributed by atoms with Crippen molar-refractivity contribution in [3.8, 4) is 50.6 Å². The number of fused-ring (bicyclic) bond motifs is 2. The van der Waals surface area contributed by atoms with Gasteiger partial charge in [0, 0.05) is 54.8 Å². The second-order valence-corrected chi connectivity index (χ2v) is 12.0. The van der Waals surface area contributed by atoms with Gasteiger partial charge in [-0.15, -0.1) is 35.9 Å². The second kappa shape index (κ2) is 15.3. The number of rotatable bonds is 5. The summed E-state index contributed by atoms with van der Waals surface area (Å²) >= 11 is 0. The van der Waals surface area contributed by atoms with E-state index in [0.29, 0.717) is 27.9 Å². The molecule has 0 bridgehead atoms. The molecular weight excluding hydrogens is 848 g/mol. The topological polar surface area (TPSA) is 43.9 Å². The van der Waals surface area contributed by atoms with Crippen LogP contribution in [0.25, 0.3) is 72.6 Å². The van der Waals surface area contributed by atoms with E-state index in [1.807, 2.05) is 138 Å². The zero-order chi connectivity index (χ0) is 35.5. The smallest absolute Gasteiger partial charge is 0.415 e. The molecule has 6 aromatic carbocycles. The summed E-state index contributed by atoms with van der Waals surface area (Å²) in [4.78, 5) is 9.15. The monoisotopic (exact) mass is 876 g/mol. The van der Waals surface area contributed by atoms with Crippen LogP contribution in [0.15, 0.2) is 174 Å². The number of imidazole rings is 1. The molecule has 0 spiro atoms. The largest absolute Gasteiger partial charge is 0.557 e. The number of halogens is 3. The zero-order valence-electron chi connectivity index (χ0n) is 27.9. The van der Waals surface area contributed by atoms with Crippen LogP contribution in [-0.2, 0) is 26.3 Å². The van der Waals surface area contributed by atoms with Gasteiger partial charge in [-0.3, -0.25) is 4.98 Å². The Bertz CT molecular complexity index is 2510. The summed E-state index contributed by atoms with van der Waals surface area (Å²) in [6.45, 7) is 0. The third kappa shape index (κ3) is 7.20. The molecule has 0 saturated carbocycles. The van der Waals surface area contributed by atoms with Gasteiger partial charge in [0.2, 0.25) is 0 Å². The van der Waals surface area contributed by atoms with Crippen molar-refractivity contribution in [1.82, 2.24) is 14.5 Å². The van der Waals surface area contributed by atoms with Crippen LogP contribution >= 0.6 is 0 Å². The number of nitrogens with zero attached hydrogens (tertiary/aromatic N) is 3. The minimum absolute atomic E-state index is 0. The van der Waals surface area contributed by atoms with Gasteiger partial charge in [-0.1, -0.05) is 132 Å². The van der Waals surface area contributed by atoms with E-state index in [1.54, 1.807) is 6.20 Å². The first-order chi connectivity index (χ1) is 25.5. The van der Waals surface area contributed by atoms with E-state index in [4.69, 9.17) is 9.40 Å². The Morgan fingerprint density at radius 2 is 1.30 bits per heavy atom.